The van der Waals surface area contributed by atoms with Crippen LogP contribution in [0.5, 0.6) is 0 Å². The Morgan fingerprint density at radius 1 is 1.42 bits per heavy atom. The molecule has 0 bridgehead atoms. The van der Waals surface area contributed by atoms with Gasteiger partial charge in [0.2, 0.25) is 0 Å². The lowest BCUT2D eigenvalue weighted by molar-refractivity contribution is 0.447. The SMILES string of the molecule is Cc1c(N)cccc1C1CNC1. The highest BCUT2D eigenvalue weighted by atomic mass is 14.9. The molecule has 12 heavy (non-hydrogen) atoms. The number of rotatable bonds is 1. The highest BCUT2D eigenvalue weighted by Crippen LogP contribution is 2.26. The van der Waals surface area contributed by atoms with Gasteiger partial charge in [-0.15, -0.1) is 0 Å². The molecule has 0 saturated carbocycles. The van der Waals surface area contributed by atoms with Gasteiger partial charge in [0.15, 0.2) is 0 Å². The number of nitrogen functional groups attached to an aromatic ring is 1. The zero-order valence-corrected chi connectivity index (χ0v) is 7.30. The largest absolute Gasteiger partial charge is 0.399 e. The molecule has 1 aliphatic rings. The summed E-state index contributed by atoms with van der Waals surface area (Å²) < 4.78 is 0. The molecular formula is C10H14N2. The van der Waals surface area contributed by atoms with Crippen LogP contribution in [-0.4, -0.2) is 13.1 Å². The minimum absolute atomic E-state index is 0.688. The van der Waals surface area contributed by atoms with Gasteiger partial charge >= 0.3 is 0 Å². The van der Waals surface area contributed by atoms with Crippen LogP contribution in [0.1, 0.15) is 17.0 Å². The maximum atomic E-state index is 5.82. The Morgan fingerprint density at radius 3 is 2.75 bits per heavy atom. The van der Waals surface area contributed by atoms with Gasteiger partial charge in [-0.2, -0.15) is 0 Å². The second-order valence-corrected chi connectivity index (χ2v) is 3.42. The molecule has 0 amide bonds. The van der Waals surface area contributed by atoms with Crippen molar-refractivity contribution in [2.24, 2.45) is 0 Å². The Kier molecular flexibility index (Phi) is 1.77. The second-order valence-electron chi connectivity index (χ2n) is 3.42. The van der Waals surface area contributed by atoms with E-state index in [1.54, 1.807) is 0 Å². The van der Waals surface area contributed by atoms with Crippen molar-refractivity contribution in [1.29, 1.82) is 0 Å². The van der Waals surface area contributed by atoms with Crippen LogP contribution in [0, 0.1) is 6.92 Å². The van der Waals surface area contributed by atoms with E-state index < -0.39 is 0 Å². The van der Waals surface area contributed by atoms with Gasteiger partial charge in [0.25, 0.3) is 0 Å². The smallest absolute Gasteiger partial charge is 0.0346 e. The molecule has 1 saturated heterocycles. The fraction of sp³-hybridized carbons (Fsp3) is 0.400. The standard InChI is InChI=1S/C10H14N2/c1-7-9(8-5-12-6-8)3-2-4-10(7)11/h2-4,8,12H,5-6,11H2,1H3. The summed E-state index contributed by atoms with van der Waals surface area (Å²) in [6.07, 6.45) is 0. The summed E-state index contributed by atoms with van der Waals surface area (Å²) in [5.41, 5.74) is 9.40. The Labute approximate surface area is 72.8 Å². The lowest BCUT2D eigenvalue weighted by Gasteiger charge is -2.29. The normalized spacial score (nSPS) is 17.4. The van der Waals surface area contributed by atoms with Gasteiger partial charge in [0.1, 0.15) is 0 Å². The van der Waals surface area contributed by atoms with Crippen molar-refractivity contribution in [3.63, 3.8) is 0 Å². The first-order valence-electron chi connectivity index (χ1n) is 4.34. The summed E-state index contributed by atoms with van der Waals surface area (Å²) in [6, 6.07) is 6.18. The molecule has 64 valence electrons. The Hall–Kier alpha value is -1.02. The molecule has 0 unspecified atom stereocenters. The highest BCUT2D eigenvalue weighted by Gasteiger charge is 2.20. The number of anilines is 1. The zero-order valence-electron chi connectivity index (χ0n) is 7.30. The fourth-order valence-corrected chi connectivity index (χ4v) is 1.62. The first kappa shape index (κ1) is 7.62. The van der Waals surface area contributed by atoms with Gasteiger partial charge in [-0.05, 0) is 24.1 Å². The molecule has 2 rings (SSSR count). The topological polar surface area (TPSA) is 38.0 Å². The molecule has 0 radical (unpaired) electrons. The Balaban J connectivity index is 2.36. The van der Waals surface area contributed by atoms with Gasteiger partial charge in [0, 0.05) is 24.7 Å². The van der Waals surface area contributed by atoms with Crippen molar-refractivity contribution in [1.82, 2.24) is 5.32 Å². The number of hydrogen-bond acceptors (Lipinski definition) is 2. The molecule has 3 N–H and O–H groups in total. The predicted molar refractivity (Wildman–Crippen MR) is 51.2 cm³/mol. The molecule has 1 heterocycles. The minimum Gasteiger partial charge on any atom is -0.399 e. The summed E-state index contributed by atoms with van der Waals surface area (Å²) in [4.78, 5) is 0. The van der Waals surface area contributed by atoms with Crippen LogP contribution in [0.3, 0.4) is 0 Å². The molecule has 1 aromatic carbocycles. The first-order chi connectivity index (χ1) is 5.79. The summed E-state index contributed by atoms with van der Waals surface area (Å²) >= 11 is 0. The van der Waals surface area contributed by atoms with E-state index >= 15 is 0 Å². The van der Waals surface area contributed by atoms with Gasteiger partial charge < -0.3 is 11.1 Å². The highest BCUT2D eigenvalue weighted by molar-refractivity contribution is 5.51. The van der Waals surface area contributed by atoms with Crippen molar-refractivity contribution >= 4 is 5.69 Å². The molecule has 1 aromatic rings. The third-order valence-electron chi connectivity index (χ3n) is 2.64. The van der Waals surface area contributed by atoms with Crippen LogP contribution in [0.4, 0.5) is 5.69 Å². The second kappa shape index (κ2) is 2.79. The zero-order chi connectivity index (χ0) is 8.55. The van der Waals surface area contributed by atoms with Gasteiger partial charge in [-0.1, -0.05) is 12.1 Å². The number of hydrogen-bond donors (Lipinski definition) is 2. The predicted octanol–water partition coefficient (Wildman–Crippen LogP) is 1.26. The number of benzene rings is 1. The summed E-state index contributed by atoms with van der Waals surface area (Å²) in [5, 5.41) is 3.27. The van der Waals surface area contributed by atoms with Gasteiger partial charge in [-0.3, -0.25) is 0 Å². The molecule has 0 spiro atoms. The minimum atomic E-state index is 0.688. The van der Waals surface area contributed by atoms with E-state index in [1.165, 1.54) is 11.1 Å². The van der Waals surface area contributed by atoms with Gasteiger partial charge in [0.05, 0.1) is 0 Å². The fourth-order valence-electron chi connectivity index (χ4n) is 1.62. The van der Waals surface area contributed by atoms with E-state index in [9.17, 15) is 0 Å². The molecule has 1 fully saturated rings. The Morgan fingerprint density at radius 2 is 2.17 bits per heavy atom. The van der Waals surface area contributed by atoms with Crippen molar-refractivity contribution in [2.45, 2.75) is 12.8 Å². The van der Waals surface area contributed by atoms with Gasteiger partial charge in [-0.25, -0.2) is 0 Å². The average Bonchev–Trinajstić information content (AvgIpc) is 1.95. The van der Waals surface area contributed by atoms with E-state index in [4.69, 9.17) is 5.73 Å². The van der Waals surface area contributed by atoms with Crippen molar-refractivity contribution < 1.29 is 0 Å². The lowest BCUT2D eigenvalue weighted by Crippen LogP contribution is -2.40. The number of nitrogens with one attached hydrogen (secondary N) is 1. The maximum Gasteiger partial charge on any atom is 0.0346 e. The van der Waals surface area contributed by atoms with E-state index in [-0.39, 0.29) is 0 Å². The van der Waals surface area contributed by atoms with E-state index in [1.807, 2.05) is 12.1 Å². The van der Waals surface area contributed by atoms with Crippen molar-refractivity contribution in [2.75, 3.05) is 18.8 Å². The van der Waals surface area contributed by atoms with Crippen LogP contribution in [-0.2, 0) is 0 Å². The third kappa shape index (κ3) is 1.08. The van der Waals surface area contributed by atoms with Crippen LogP contribution < -0.4 is 11.1 Å². The van der Waals surface area contributed by atoms with Crippen LogP contribution in [0.15, 0.2) is 18.2 Å². The third-order valence-corrected chi connectivity index (χ3v) is 2.64. The van der Waals surface area contributed by atoms with Crippen molar-refractivity contribution in [3.05, 3.63) is 29.3 Å². The molecular weight excluding hydrogens is 148 g/mol. The molecule has 0 atom stereocenters. The number of nitrogens with two attached hydrogens (primary N) is 1. The summed E-state index contributed by atoms with van der Waals surface area (Å²) in [7, 11) is 0. The Bertz CT molecular complexity index is 290. The summed E-state index contributed by atoms with van der Waals surface area (Å²) in [5.74, 6) is 0.688. The quantitative estimate of drug-likeness (QED) is 0.610. The van der Waals surface area contributed by atoms with E-state index in [2.05, 4.69) is 18.3 Å². The van der Waals surface area contributed by atoms with E-state index in [0.717, 1.165) is 18.8 Å². The van der Waals surface area contributed by atoms with Crippen molar-refractivity contribution in [3.8, 4) is 0 Å². The van der Waals surface area contributed by atoms with Crippen LogP contribution >= 0.6 is 0 Å². The molecule has 2 nitrogen and oxygen atoms in total. The van der Waals surface area contributed by atoms with E-state index in [0.29, 0.717) is 5.92 Å². The maximum absolute atomic E-state index is 5.82. The summed E-state index contributed by atoms with van der Waals surface area (Å²) in [6.45, 7) is 4.30. The lowest BCUT2D eigenvalue weighted by atomic mass is 9.90. The molecule has 1 aliphatic heterocycles. The first-order valence-corrected chi connectivity index (χ1v) is 4.34. The monoisotopic (exact) mass is 162 g/mol. The van der Waals surface area contributed by atoms with Crippen LogP contribution in [0.25, 0.3) is 0 Å². The molecule has 0 aromatic heterocycles. The molecule has 2 heteroatoms. The average molecular weight is 162 g/mol. The molecule has 0 aliphatic carbocycles. The van der Waals surface area contributed by atoms with Crippen LogP contribution in [0.2, 0.25) is 0 Å².